The molecule has 1 aliphatic heterocycles. The molecule has 1 heterocycles. The number of sulfonamides is 1. The van der Waals surface area contributed by atoms with E-state index < -0.39 is 15.5 Å². The Labute approximate surface area is 60.6 Å². The maximum Gasteiger partial charge on any atom is 0.241 e. The molecule has 5 heteroatoms. The molecule has 1 unspecified atom stereocenters. The van der Waals surface area contributed by atoms with Crippen molar-refractivity contribution in [3.63, 3.8) is 0 Å². The first-order chi connectivity index (χ1) is 4.52. The highest BCUT2D eigenvalue weighted by atomic mass is 32.2. The average Bonchev–Trinajstić information content (AvgIpc) is 2.35. The minimum atomic E-state index is -3.16. The van der Waals surface area contributed by atoms with Crippen LogP contribution in [0.4, 0.5) is 0 Å². The Bertz CT molecular complexity index is 205. The van der Waals surface area contributed by atoms with Crippen LogP contribution in [0.3, 0.4) is 0 Å². The second-order valence-electron chi connectivity index (χ2n) is 2.58. The Kier molecular flexibility index (Phi) is 1.98. The fraction of sp³-hybridized carbons (Fsp3) is 1.00. The molecule has 4 nitrogen and oxygen atoms in total. The lowest BCUT2D eigenvalue weighted by molar-refractivity contribution is 0.440. The summed E-state index contributed by atoms with van der Waals surface area (Å²) in [6, 6.07) is -0.0470. The molecule has 1 rings (SSSR count). The molecule has 1 aliphatic rings. The molecule has 0 aliphatic carbocycles. The van der Waals surface area contributed by atoms with Crippen LogP contribution in [0.2, 0.25) is 0 Å². The van der Waals surface area contributed by atoms with Gasteiger partial charge in [0.15, 0.2) is 5.44 Å². The summed E-state index contributed by atoms with van der Waals surface area (Å²) in [5.41, 5.74) is -0.588. The van der Waals surface area contributed by atoms with Gasteiger partial charge in [0, 0.05) is 6.04 Å². The molecular formula is C5H11NO3S. The molecule has 0 spiro atoms. The van der Waals surface area contributed by atoms with E-state index in [2.05, 4.69) is 9.46 Å². The van der Waals surface area contributed by atoms with Gasteiger partial charge in [0.05, 0.1) is 6.61 Å². The minimum absolute atomic E-state index is 0.0470. The number of hydrogen-bond donors (Lipinski definition) is 1. The van der Waals surface area contributed by atoms with E-state index in [1.165, 1.54) is 0 Å². The summed E-state index contributed by atoms with van der Waals surface area (Å²) in [7, 11) is -3.16. The zero-order chi connectivity index (χ0) is 7.78. The third-order valence-corrected chi connectivity index (χ3v) is 2.81. The summed E-state index contributed by atoms with van der Waals surface area (Å²) >= 11 is 0. The molecule has 0 aromatic carbocycles. The van der Waals surface area contributed by atoms with Crippen LogP contribution in [-0.2, 0) is 14.8 Å². The highest BCUT2D eigenvalue weighted by Gasteiger charge is 2.37. The van der Waals surface area contributed by atoms with Gasteiger partial charge < -0.3 is 4.74 Å². The van der Waals surface area contributed by atoms with Crippen molar-refractivity contribution in [3.8, 4) is 0 Å². The second kappa shape index (κ2) is 2.48. The molecule has 1 fully saturated rings. The van der Waals surface area contributed by atoms with Gasteiger partial charge in [0.25, 0.3) is 0 Å². The monoisotopic (exact) mass is 165 g/mol. The van der Waals surface area contributed by atoms with Crippen molar-refractivity contribution >= 4 is 10.0 Å². The van der Waals surface area contributed by atoms with Crippen molar-refractivity contribution in [1.29, 1.82) is 0 Å². The fourth-order valence-corrected chi connectivity index (χ4v) is 1.87. The highest BCUT2D eigenvalue weighted by Crippen LogP contribution is 2.15. The Balaban J connectivity index is 2.51. The van der Waals surface area contributed by atoms with Gasteiger partial charge in [-0.25, -0.2) is 13.1 Å². The smallest absolute Gasteiger partial charge is 0.241 e. The molecule has 10 heavy (non-hydrogen) atoms. The van der Waals surface area contributed by atoms with E-state index in [0.29, 0.717) is 6.61 Å². The lowest BCUT2D eigenvalue weighted by atomic mass is 10.4. The quantitative estimate of drug-likeness (QED) is 0.582. The maximum atomic E-state index is 11.0. The predicted octanol–water partition coefficient (Wildman–Crippen LogP) is -0.330. The Morgan fingerprint density at radius 1 is 1.60 bits per heavy atom. The largest absolute Gasteiger partial charge is 0.355 e. The number of nitrogens with one attached hydrogen (secondary N) is 1. The molecule has 0 amide bonds. The molecular weight excluding hydrogens is 154 g/mol. The van der Waals surface area contributed by atoms with Crippen molar-refractivity contribution in [2.45, 2.75) is 25.3 Å². The summed E-state index contributed by atoms with van der Waals surface area (Å²) in [4.78, 5) is 0. The summed E-state index contributed by atoms with van der Waals surface area (Å²) in [5.74, 6) is 0. The summed E-state index contributed by atoms with van der Waals surface area (Å²) in [6.45, 7) is 3.89. The number of ether oxygens (including phenoxy) is 1. The zero-order valence-electron chi connectivity index (χ0n) is 5.99. The van der Waals surface area contributed by atoms with Crippen LogP contribution in [0.1, 0.15) is 13.8 Å². The first-order valence-corrected chi connectivity index (χ1v) is 4.70. The van der Waals surface area contributed by atoms with E-state index in [1.807, 2.05) is 0 Å². The van der Waals surface area contributed by atoms with Crippen LogP contribution in [-0.4, -0.2) is 26.5 Å². The molecule has 0 aromatic heterocycles. The number of epoxide rings is 1. The van der Waals surface area contributed by atoms with Crippen molar-refractivity contribution in [1.82, 2.24) is 4.72 Å². The normalized spacial score (nSPS) is 25.3. The first-order valence-electron chi connectivity index (χ1n) is 3.15. The van der Waals surface area contributed by atoms with Gasteiger partial charge in [-0.3, -0.25) is 0 Å². The van der Waals surface area contributed by atoms with E-state index in [-0.39, 0.29) is 6.04 Å². The fourth-order valence-electron chi connectivity index (χ4n) is 0.623. The minimum Gasteiger partial charge on any atom is -0.355 e. The van der Waals surface area contributed by atoms with Crippen LogP contribution >= 0.6 is 0 Å². The summed E-state index contributed by atoms with van der Waals surface area (Å²) in [5, 5.41) is 0. The van der Waals surface area contributed by atoms with Crippen LogP contribution < -0.4 is 4.72 Å². The molecule has 60 valence electrons. The van der Waals surface area contributed by atoms with Crippen molar-refractivity contribution in [2.24, 2.45) is 0 Å². The van der Waals surface area contributed by atoms with Crippen molar-refractivity contribution in [3.05, 3.63) is 0 Å². The molecule has 0 saturated carbocycles. The molecule has 0 bridgehead atoms. The average molecular weight is 165 g/mol. The molecule has 0 aromatic rings. The topological polar surface area (TPSA) is 58.7 Å². The van der Waals surface area contributed by atoms with E-state index >= 15 is 0 Å². The SMILES string of the molecule is CC(C)NS(=O)(=O)C1CO1. The van der Waals surface area contributed by atoms with Crippen LogP contribution in [0.25, 0.3) is 0 Å². The summed E-state index contributed by atoms with van der Waals surface area (Å²) < 4.78 is 29.0. The molecule has 1 atom stereocenters. The molecule has 1 N–H and O–H groups in total. The van der Waals surface area contributed by atoms with Gasteiger partial charge in [-0.05, 0) is 13.8 Å². The van der Waals surface area contributed by atoms with Gasteiger partial charge in [-0.2, -0.15) is 0 Å². The zero-order valence-corrected chi connectivity index (χ0v) is 6.81. The first kappa shape index (κ1) is 7.97. The second-order valence-corrected chi connectivity index (χ2v) is 4.43. The lowest BCUT2D eigenvalue weighted by Gasteiger charge is -2.05. The standard InChI is InChI=1S/C5H11NO3S/c1-4(2)6-10(7,8)5-3-9-5/h4-6H,3H2,1-2H3. The maximum absolute atomic E-state index is 11.0. The Morgan fingerprint density at radius 3 is 2.40 bits per heavy atom. The third-order valence-electron chi connectivity index (χ3n) is 1.05. The number of hydrogen-bond acceptors (Lipinski definition) is 3. The van der Waals surface area contributed by atoms with Gasteiger partial charge in [-0.1, -0.05) is 0 Å². The van der Waals surface area contributed by atoms with Gasteiger partial charge in [0.2, 0.25) is 10.0 Å². The molecule has 0 radical (unpaired) electrons. The predicted molar refractivity (Wildman–Crippen MR) is 36.9 cm³/mol. The third kappa shape index (κ3) is 1.93. The van der Waals surface area contributed by atoms with E-state index in [0.717, 1.165) is 0 Å². The van der Waals surface area contributed by atoms with E-state index in [1.54, 1.807) is 13.8 Å². The van der Waals surface area contributed by atoms with Crippen LogP contribution in [0.15, 0.2) is 0 Å². The Morgan fingerprint density at radius 2 is 2.10 bits per heavy atom. The molecule has 1 saturated heterocycles. The van der Waals surface area contributed by atoms with Crippen LogP contribution in [0.5, 0.6) is 0 Å². The van der Waals surface area contributed by atoms with Gasteiger partial charge in [-0.15, -0.1) is 0 Å². The van der Waals surface area contributed by atoms with E-state index in [4.69, 9.17) is 0 Å². The lowest BCUT2D eigenvalue weighted by Crippen LogP contribution is -2.33. The summed E-state index contributed by atoms with van der Waals surface area (Å²) in [6.07, 6.45) is 0. The number of rotatable bonds is 3. The van der Waals surface area contributed by atoms with Crippen molar-refractivity contribution < 1.29 is 13.2 Å². The van der Waals surface area contributed by atoms with Gasteiger partial charge >= 0.3 is 0 Å². The highest BCUT2D eigenvalue weighted by molar-refractivity contribution is 7.90. The Hall–Kier alpha value is -0.130. The van der Waals surface area contributed by atoms with Gasteiger partial charge in [0.1, 0.15) is 0 Å². The van der Waals surface area contributed by atoms with E-state index in [9.17, 15) is 8.42 Å². The van der Waals surface area contributed by atoms with Crippen molar-refractivity contribution in [2.75, 3.05) is 6.61 Å². The van der Waals surface area contributed by atoms with Crippen LogP contribution in [0, 0.1) is 0 Å².